The van der Waals surface area contributed by atoms with Crippen molar-refractivity contribution in [1.82, 2.24) is 0 Å². The van der Waals surface area contributed by atoms with Crippen LogP contribution < -0.4 is 10.1 Å². The van der Waals surface area contributed by atoms with E-state index in [1.165, 1.54) is 5.56 Å². The molecule has 3 aromatic rings. The topological polar surface area (TPSA) is 84.9 Å². The fourth-order valence-corrected chi connectivity index (χ4v) is 4.58. The Morgan fingerprint density at radius 2 is 1.70 bits per heavy atom. The van der Waals surface area contributed by atoms with E-state index in [0.717, 1.165) is 25.5 Å². The molecule has 2 N–H and O–H groups in total. The number of phenolic OH excluding ortho intramolecular Hbond substituents is 1. The minimum Gasteiger partial charge on any atom is -0.504 e. The lowest BCUT2D eigenvalue weighted by atomic mass is 9.94. The lowest BCUT2D eigenvalue weighted by Gasteiger charge is -2.16. The van der Waals surface area contributed by atoms with Crippen LogP contribution in [-0.2, 0) is 20.7 Å². The summed E-state index contributed by atoms with van der Waals surface area (Å²) in [6.07, 6.45) is 1.92. The minimum atomic E-state index is -0.995. The molecular weight excluding hydrogens is 554 g/mol. The number of anilines is 1. The number of benzene rings is 3. The van der Waals surface area contributed by atoms with Crippen LogP contribution in [0.5, 0.6) is 17.2 Å². The minimum absolute atomic E-state index is 0.0286. The number of amides is 1. The summed E-state index contributed by atoms with van der Waals surface area (Å²) < 4.78 is 11.3. The van der Waals surface area contributed by atoms with Crippen molar-refractivity contribution in [3.8, 4) is 17.2 Å². The van der Waals surface area contributed by atoms with Crippen molar-refractivity contribution in [2.75, 3.05) is 12.4 Å². The Morgan fingerprint density at radius 1 is 1.03 bits per heavy atom. The Hall–Kier alpha value is -2.84. The van der Waals surface area contributed by atoms with Crippen LogP contribution in [0, 0.1) is 0 Å². The molecule has 0 aliphatic carbocycles. The lowest BCUT2D eigenvalue weighted by Crippen LogP contribution is -2.23. The Kier molecular flexibility index (Phi) is 8.52. The molecule has 0 saturated carbocycles. The number of rotatable bonds is 7. The summed E-state index contributed by atoms with van der Waals surface area (Å²) in [6, 6.07) is 18.9. The molecule has 172 valence electrons. The van der Waals surface area contributed by atoms with Gasteiger partial charge in [-0.3, -0.25) is 4.79 Å². The van der Waals surface area contributed by atoms with Crippen LogP contribution in [0.3, 0.4) is 0 Å². The molecule has 6 nitrogen and oxygen atoms in total. The molecule has 0 saturated heterocycles. The van der Waals surface area contributed by atoms with E-state index in [1.54, 1.807) is 24.3 Å². The highest BCUT2D eigenvalue weighted by molar-refractivity contribution is 9.11. The molecule has 0 aliphatic rings. The van der Waals surface area contributed by atoms with Crippen LogP contribution in [-0.4, -0.2) is 24.1 Å². The van der Waals surface area contributed by atoms with Crippen molar-refractivity contribution in [2.45, 2.75) is 25.7 Å². The van der Waals surface area contributed by atoms with Crippen molar-refractivity contribution < 1.29 is 24.2 Å². The average molecular weight is 577 g/mol. The maximum Gasteiger partial charge on any atom is 0.396 e. The number of ether oxygens (including phenoxy) is 2. The number of hydrogen-bond acceptors (Lipinski definition) is 5. The molecule has 0 radical (unpaired) electrons. The van der Waals surface area contributed by atoms with Gasteiger partial charge in [-0.2, -0.15) is 0 Å². The predicted molar refractivity (Wildman–Crippen MR) is 134 cm³/mol. The van der Waals surface area contributed by atoms with E-state index in [2.05, 4.69) is 61.0 Å². The number of halogens is 2. The smallest absolute Gasteiger partial charge is 0.396 e. The first-order chi connectivity index (χ1) is 15.8. The van der Waals surface area contributed by atoms with Gasteiger partial charge in [0.15, 0.2) is 17.2 Å². The molecule has 0 heterocycles. The first-order valence-corrected chi connectivity index (χ1v) is 11.8. The molecule has 33 heavy (non-hydrogen) atoms. The largest absolute Gasteiger partial charge is 0.504 e. The van der Waals surface area contributed by atoms with E-state index in [4.69, 9.17) is 4.74 Å². The van der Waals surface area contributed by atoms with Gasteiger partial charge in [-0.25, -0.2) is 4.79 Å². The summed E-state index contributed by atoms with van der Waals surface area (Å²) in [7, 11) is 1.13. The maximum absolute atomic E-state index is 11.7. The first-order valence-electron chi connectivity index (χ1n) is 10.2. The van der Waals surface area contributed by atoms with Gasteiger partial charge in [0, 0.05) is 5.69 Å². The van der Waals surface area contributed by atoms with E-state index in [0.29, 0.717) is 26.1 Å². The highest BCUT2D eigenvalue weighted by atomic mass is 79.9. The molecule has 8 heteroatoms. The van der Waals surface area contributed by atoms with Crippen LogP contribution in [0.2, 0.25) is 0 Å². The number of methoxy groups -OCH3 is 1. The monoisotopic (exact) mass is 575 g/mol. The summed E-state index contributed by atoms with van der Waals surface area (Å²) >= 11 is 6.80. The van der Waals surface area contributed by atoms with Crippen LogP contribution in [0.25, 0.3) is 0 Å². The fourth-order valence-electron chi connectivity index (χ4n) is 3.24. The van der Waals surface area contributed by atoms with E-state index in [-0.39, 0.29) is 11.7 Å². The maximum atomic E-state index is 11.7. The van der Waals surface area contributed by atoms with Gasteiger partial charge < -0.3 is 19.9 Å². The lowest BCUT2D eigenvalue weighted by molar-refractivity contribution is -0.150. The second-order valence-electron chi connectivity index (χ2n) is 7.47. The quantitative estimate of drug-likeness (QED) is 0.246. The van der Waals surface area contributed by atoms with Gasteiger partial charge in [0.25, 0.3) is 0 Å². The summed E-state index contributed by atoms with van der Waals surface area (Å²) in [6.45, 7) is 2.13. The van der Waals surface area contributed by atoms with E-state index < -0.39 is 11.9 Å². The van der Waals surface area contributed by atoms with Crippen molar-refractivity contribution in [2.24, 2.45) is 0 Å². The van der Waals surface area contributed by atoms with Crippen molar-refractivity contribution >= 4 is 49.4 Å². The van der Waals surface area contributed by atoms with Gasteiger partial charge in [-0.15, -0.1) is 0 Å². The average Bonchev–Trinajstić information content (AvgIpc) is 2.80. The van der Waals surface area contributed by atoms with Crippen molar-refractivity contribution in [3.05, 3.63) is 80.7 Å². The van der Waals surface area contributed by atoms with Gasteiger partial charge in [0.05, 0.1) is 16.1 Å². The molecule has 0 aromatic heterocycles. The number of esters is 1. The third kappa shape index (κ3) is 6.58. The third-order valence-corrected chi connectivity index (χ3v) is 6.28. The van der Waals surface area contributed by atoms with Crippen LogP contribution >= 0.6 is 31.9 Å². The number of hydrogen-bond donors (Lipinski definition) is 2. The number of carbonyl (C=O) groups excluding carboxylic acids is 2. The molecule has 1 atom stereocenters. The molecule has 1 unspecified atom stereocenters. The van der Waals surface area contributed by atoms with Gasteiger partial charge in [0.2, 0.25) is 0 Å². The molecule has 0 spiro atoms. The summed E-state index contributed by atoms with van der Waals surface area (Å²) in [5.41, 5.74) is 2.67. The Balaban J connectivity index is 1.70. The summed E-state index contributed by atoms with van der Waals surface area (Å²) in [4.78, 5) is 23.0. The van der Waals surface area contributed by atoms with Gasteiger partial charge in [0.1, 0.15) is 0 Å². The third-order valence-electron chi connectivity index (χ3n) is 5.10. The van der Waals surface area contributed by atoms with Gasteiger partial charge in [-0.05, 0) is 86.0 Å². The number of phenols is 1. The number of aryl methyl sites for hydroxylation is 1. The normalized spacial score (nSPS) is 11.5. The Bertz CT molecular complexity index is 1130. The van der Waals surface area contributed by atoms with Crippen LogP contribution in [0.1, 0.15) is 30.4 Å². The molecule has 1 amide bonds. The highest BCUT2D eigenvalue weighted by Gasteiger charge is 2.18. The zero-order valence-corrected chi connectivity index (χ0v) is 21.3. The molecule has 0 fully saturated rings. The van der Waals surface area contributed by atoms with Crippen molar-refractivity contribution in [3.63, 3.8) is 0 Å². The molecule has 0 aliphatic heterocycles. The number of carbonyl (C=O) groups is 2. The highest BCUT2D eigenvalue weighted by Crippen LogP contribution is 2.42. The fraction of sp³-hybridized carbons (Fsp3) is 0.200. The number of nitrogens with one attached hydrogen (secondary N) is 1. The standard InChI is InChI=1S/C25H23Br2NO5/c1-15(8-9-16-6-4-3-5-7-16)17-10-11-22(21(29)12-17)33-23-19(26)13-18(14-20(23)27)28-24(30)25(31)32-2/h3-7,10-15,29H,8-9H2,1-2H3,(H,28,30). The second-order valence-corrected chi connectivity index (χ2v) is 9.18. The zero-order valence-electron chi connectivity index (χ0n) is 18.1. The van der Waals surface area contributed by atoms with Gasteiger partial charge >= 0.3 is 11.9 Å². The summed E-state index contributed by atoms with van der Waals surface area (Å²) in [5.74, 6) is -0.888. The zero-order chi connectivity index (χ0) is 24.0. The molecular formula is C25H23Br2NO5. The number of aromatic hydroxyl groups is 1. The van der Waals surface area contributed by atoms with Crippen LogP contribution in [0.4, 0.5) is 5.69 Å². The van der Waals surface area contributed by atoms with Crippen LogP contribution in [0.15, 0.2) is 69.6 Å². The second kappa shape index (κ2) is 11.3. The SMILES string of the molecule is COC(=O)C(=O)Nc1cc(Br)c(Oc2ccc(C(C)CCc3ccccc3)cc2O)c(Br)c1. The Morgan fingerprint density at radius 3 is 2.30 bits per heavy atom. The van der Waals surface area contributed by atoms with E-state index in [9.17, 15) is 14.7 Å². The summed E-state index contributed by atoms with van der Waals surface area (Å²) in [5, 5.41) is 13.0. The predicted octanol–water partition coefficient (Wildman–Crippen LogP) is 6.56. The van der Waals surface area contributed by atoms with Gasteiger partial charge in [-0.1, -0.05) is 43.3 Å². The van der Waals surface area contributed by atoms with E-state index in [1.807, 2.05) is 24.3 Å². The van der Waals surface area contributed by atoms with E-state index >= 15 is 0 Å². The molecule has 0 bridgehead atoms. The first kappa shape index (κ1) is 24.8. The molecule has 3 rings (SSSR count). The Labute approximate surface area is 209 Å². The van der Waals surface area contributed by atoms with Crippen molar-refractivity contribution in [1.29, 1.82) is 0 Å². The molecule has 3 aromatic carbocycles.